The third-order valence-corrected chi connectivity index (χ3v) is 7.91. The zero-order chi connectivity index (χ0) is 18.2. The van der Waals surface area contributed by atoms with Gasteiger partial charge in [-0.2, -0.15) is 0 Å². The van der Waals surface area contributed by atoms with Crippen LogP contribution in [0.15, 0.2) is 53.4 Å². The van der Waals surface area contributed by atoms with Crippen molar-refractivity contribution in [3.05, 3.63) is 65.2 Å². The lowest BCUT2D eigenvalue weighted by Gasteiger charge is -2.13. The maximum absolute atomic E-state index is 13.2. The first-order valence-electron chi connectivity index (χ1n) is 8.70. The maximum atomic E-state index is 13.2. The van der Waals surface area contributed by atoms with Gasteiger partial charge in [-0.1, -0.05) is 48.9 Å². The molecule has 0 radical (unpaired) electrons. The van der Waals surface area contributed by atoms with Crippen LogP contribution in [0.1, 0.15) is 29.5 Å². The molecule has 1 aliphatic carbocycles. The summed E-state index contributed by atoms with van der Waals surface area (Å²) in [6, 6.07) is 15.2. The van der Waals surface area contributed by atoms with Crippen molar-refractivity contribution >= 4 is 9.84 Å². The van der Waals surface area contributed by atoms with E-state index < -0.39 is 20.5 Å². The van der Waals surface area contributed by atoms with E-state index in [1.54, 1.807) is 12.1 Å². The molecule has 1 aliphatic rings. The van der Waals surface area contributed by atoms with Crippen LogP contribution in [0, 0.1) is 12.3 Å². The van der Waals surface area contributed by atoms with Crippen molar-refractivity contribution in [3.8, 4) is 0 Å². The van der Waals surface area contributed by atoms with E-state index in [0.717, 1.165) is 17.5 Å². The van der Waals surface area contributed by atoms with E-state index in [-0.39, 0.29) is 19.0 Å². The molecule has 25 heavy (non-hydrogen) atoms. The molecule has 1 saturated carbocycles. The monoisotopic (exact) mass is 358 g/mol. The SMILES string of the molecule is CCc1ccc(C2C(S(=O)(=O)c3ccc(C)cc3)C2(CN)CN)cc1. The van der Waals surface area contributed by atoms with Crippen LogP contribution in [0.25, 0.3) is 0 Å². The van der Waals surface area contributed by atoms with Crippen molar-refractivity contribution in [1.82, 2.24) is 0 Å². The zero-order valence-corrected chi connectivity index (χ0v) is 15.6. The summed E-state index contributed by atoms with van der Waals surface area (Å²) in [4.78, 5) is 0.349. The highest BCUT2D eigenvalue weighted by molar-refractivity contribution is 7.92. The van der Waals surface area contributed by atoms with Crippen LogP contribution in [-0.2, 0) is 16.3 Å². The predicted molar refractivity (Wildman–Crippen MR) is 101 cm³/mol. The van der Waals surface area contributed by atoms with Crippen LogP contribution in [0.3, 0.4) is 0 Å². The van der Waals surface area contributed by atoms with Crippen molar-refractivity contribution < 1.29 is 8.42 Å². The van der Waals surface area contributed by atoms with Gasteiger partial charge < -0.3 is 11.5 Å². The summed E-state index contributed by atoms with van der Waals surface area (Å²) in [5.41, 5.74) is 14.7. The lowest BCUT2D eigenvalue weighted by molar-refractivity contribution is 0.510. The zero-order valence-electron chi connectivity index (χ0n) is 14.8. The Bertz CT molecular complexity index is 838. The third kappa shape index (κ3) is 2.90. The van der Waals surface area contributed by atoms with Gasteiger partial charge in [0.1, 0.15) is 0 Å². The Morgan fingerprint density at radius 1 is 0.960 bits per heavy atom. The van der Waals surface area contributed by atoms with E-state index >= 15 is 0 Å². The molecule has 5 heteroatoms. The minimum Gasteiger partial charge on any atom is -0.330 e. The molecule has 0 bridgehead atoms. The van der Waals surface area contributed by atoms with Crippen LogP contribution in [-0.4, -0.2) is 26.8 Å². The normalized spacial score (nSPS) is 21.9. The van der Waals surface area contributed by atoms with Gasteiger partial charge >= 0.3 is 0 Å². The molecule has 3 rings (SSSR count). The molecular weight excluding hydrogens is 332 g/mol. The lowest BCUT2D eigenvalue weighted by atomic mass is 9.98. The fraction of sp³-hybridized carbons (Fsp3) is 0.400. The number of rotatable bonds is 6. The number of sulfone groups is 1. The third-order valence-electron chi connectivity index (χ3n) is 5.57. The van der Waals surface area contributed by atoms with Crippen LogP contribution in [0.4, 0.5) is 0 Å². The van der Waals surface area contributed by atoms with Gasteiger partial charge in [-0.15, -0.1) is 0 Å². The Morgan fingerprint density at radius 3 is 2.00 bits per heavy atom. The molecule has 0 aromatic heterocycles. The summed E-state index contributed by atoms with van der Waals surface area (Å²) >= 11 is 0. The van der Waals surface area contributed by atoms with Crippen molar-refractivity contribution in [2.45, 2.75) is 36.3 Å². The van der Waals surface area contributed by atoms with Gasteiger partial charge in [0.25, 0.3) is 0 Å². The second-order valence-corrected chi connectivity index (χ2v) is 9.06. The maximum Gasteiger partial charge on any atom is 0.182 e. The summed E-state index contributed by atoms with van der Waals surface area (Å²) in [6.07, 6.45) is 0.953. The Morgan fingerprint density at radius 2 is 1.52 bits per heavy atom. The molecule has 0 saturated heterocycles. The quantitative estimate of drug-likeness (QED) is 0.830. The van der Waals surface area contributed by atoms with Crippen LogP contribution < -0.4 is 11.5 Å². The molecule has 2 aromatic rings. The topological polar surface area (TPSA) is 86.2 Å². The van der Waals surface area contributed by atoms with Gasteiger partial charge in [-0.25, -0.2) is 8.42 Å². The number of hydrogen-bond acceptors (Lipinski definition) is 4. The van der Waals surface area contributed by atoms with Crippen molar-refractivity contribution in [2.75, 3.05) is 13.1 Å². The molecule has 4 N–H and O–H groups in total. The van der Waals surface area contributed by atoms with Crippen molar-refractivity contribution in [1.29, 1.82) is 0 Å². The molecule has 2 unspecified atom stereocenters. The van der Waals surface area contributed by atoms with Crippen LogP contribution in [0.5, 0.6) is 0 Å². The van der Waals surface area contributed by atoms with E-state index in [9.17, 15) is 8.42 Å². The lowest BCUT2D eigenvalue weighted by Crippen LogP contribution is -2.31. The summed E-state index contributed by atoms with van der Waals surface area (Å²) in [6.45, 7) is 4.56. The Labute approximate surface area is 150 Å². The van der Waals surface area contributed by atoms with E-state index in [2.05, 4.69) is 19.1 Å². The summed E-state index contributed by atoms with van der Waals surface area (Å²) < 4.78 is 26.5. The van der Waals surface area contributed by atoms with E-state index in [1.807, 2.05) is 31.2 Å². The minimum atomic E-state index is -3.49. The average Bonchev–Trinajstić information content (AvgIpc) is 3.33. The second-order valence-electron chi connectivity index (χ2n) is 6.99. The van der Waals surface area contributed by atoms with E-state index in [1.165, 1.54) is 5.56 Å². The highest BCUT2D eigenvalue weighted by Crippen LogP contribution is 2.62. The number of aryl methyl sites for hydroxylation is 2. The first kappa shape index (κ1) is 18.1. The molecule has 0 heterocycles. The van der Waals surface area contributed by atoms with Crippen LogP contribution >= 0.6 is 0 Å². The molecule has 1 fully saturated rings. The van der Waals surface area contributed by atoms with Crippen molar-refractivity contribution in [2.24, 2.45) is 16.9 Å². The summed E-state index contributed by atoms with van der Waals surface area (Å²) in [5.74, 6) is -0.153. The van der Waals surface area contributed by atoms with Gasteiger partial charge in [-0.05, 0) is 36.6 Å². The number of nitrogens with two attached hydrogens (primary N) is 2. The van der Waals surface area contributed by atoms with Gasteiger partial charge in [0.05, 0.1) is 10.1 Å². The molecule has 134 valence electrons. The van der Waals surface area contributed by atoms with Crippen LogP contribution in [0.2, 0.25) is 0 Å². The van der Waals surface area contributed by atoms with E-state index in [4.69, 9.17) is 11.5 Å². The van der Waals surface area contributed by atoms with E-state index in [0.29, 0.717) is 4.90 Å². The second kappa shape index (κ2) is 6.56. The molecule has 0 amide bonds. The highest BCUT2D eigenvalue weighted by Gasteiger charge is 2.69. The molecular formula is C20H26N2O2S. The Balaban J connectivity index is 2.02. The molecule has 0 aliphatic heterocycles. The molecule has 4 nitrogen and oxygen atoms in total. The first-order chi connectivity index (χ1) is 11.9. The molecule has 2 aromatic carbocycles. The predicted octanol–water partition coefficient (Wildman–Crippen LogP) is 2.40. The highest BCUT2D eigenvalue weighted by atomic mass is 32.2. The Kier molecular flexibility index (Phi) is 4.75. The molecule has 0 spiro atoms. The smallest absolute Gasteiger partial charge is 0.182 e. The number of hydrogen-bond donors (Lipinski definition) is 2. The summed E-state index contributed by atoms with van der Waals surface area (Å²) in [5, 5.41) is -0.565. The fourth-order valence-corrected chi connectivity index (χ4v) is 6.33. The largest absolute Gasteiger partial charge is 0.330 e. The minimum absolute atomic E-state index is 0.153. The van der Waals surface area contributed by atoms with Crippen molar-refractivity contribution in [3.63, 3.8) is 0 Å². The fourth-order valence-electron chi connectivity index (χ4n) is 3.85. The first-order valence-corrected chi connectivity index (χ1v) is 10.2. The Hall–Kier alpha value is -1.69. The van der Waals surface area contributed by atoms with Gasteiger partial charge in [0.2, 0.25) is 0 Å². The van der Waals surface area contributed by atoms with Gasteiger partial charge in [0.15, 0.2) is 9.84 Å². The van der Waals surface area contributed by atoms with Gasteiger partial charge in [-0.3, -0.25) is 0 Å². The average molecular weight is 359 g/mol. The van der Waals surface area contributed by atoms with Gasteiger partial charge in [0, 0.05) is 24.4 Å². The number of benzene rings is 2. The standard InChI is InChI=1S/C20H26N2O2S/c1-3-15-6-8-16(9-7-15)18-19(20(18,12-21)13-22)25(23,24)17-10-4-14(2)5-11-17/h4-11,18-19H,3,12-13,21-22H2,1-2H3. The molecule has 2 atom stereocenters. The summed E-state index contributed by atoms with van der Waals surface area (Å²) in [7, 11) is -3.49.